The van der Waals surface area contributed by atoms with E-state index < -0.39 is 0 Å². The number of rotatable bonds is 25. The van der Waals surface area contributed by atoms with E-state index in [2.05, 4.69) is 78.1 Å². The number of ketones is 1. The molecule has 6 aromatic rings. The molecule has 68 heavy (non-hydrogen) atoms. The summed E-state index contributed by atoms with van der Waals surface area (Å²) in [6.45, 7) is 5.30. The molecule has 350 valence electrons. The van der Waals surface area contributed by atoms with E-state index in [1.807, 2.05) is 60.7 Å². The smallest absolute Gasteiger partial charge is 0.427 e. The molecule has 6 aromatic carbocycles. The van der Waals surface area contributed by atoms with Crippen molar-refractivity contribution in [1.29, 1.82) is 0 Å². The Bertz CT molecular complexity index is 2860. The lowest BCUT2D eigenvalue weighted by atomic mass is 9.65. The van der Waals surface area contributed by atoms with Gasteiger partial charge in [0.25, 0.3) is 0 Å². The molecule has 9 rings (SSSR count). The van der Waals surface area contributed by atoms with Gasteiger partial charge in [-0.15, -0.1) is 0 Å². The van der Waals surface area contributed by atoms with Gasteiger partial charge in [-0.05, 0) is 70.9 Å². The fourth-order valence-corrected chi connectivity index (χ4v) is 10.3. The number of benzene rings is 6. The Kier molecular flexibility index (Phi) is 15.7. The third-order valence-electron chi connectivity index (χ3n) is 14.1. The van der Waals surface area contributed by atoms with Gasteiger partial charge in [0.15, 0.2) is 0 Å². The number of carbonyl (C=O) groups is 1. The molecule has 0 saturated carbocycles. The van der Waals surface area contributed by atoms with Crippen LogP contribution in [0.25, 0.3) is 32.7 Å². The molecule has 0 amide bonds. The van der Waals surface area contributed by atoms with E-state index in [-0.39, 0.29) is 25.5 Å². The summed E-state index contributed by atoms with van der Waals surface area (Å²) in [5.41, 5.74) is 6.02. The average Bonchev–Trinajstić information content (AvgIpc) is 3.37. The molecule has 0 radical (unpaired) electrons. The molecule has 2 heterocycles. The first-order chi connectivity index (χ1) is 33.5. The van der Waals surface area contributed by atoms with Crippen molar-refractivity contribution < 1.29 is 19.4 Å². The zero-order chi connectivity index (χ0) is 46.7. The van der Waals surface area contributed by atoms with Crippen LogP contribution in [0.5, 0.6) is 11.5 Å². The summed E-state index contributed by atoms with van der Waals surface area (Å²) < 4.78 is 12.3. The molecule has 2 aliphatic heterocycles. The lowest BCUT2D eigenvalue weighted by Crippen LogP contribution is -2.48. The number of anilines is 3. The van der Waals surface area contributed by atoms with Gasteiger partial charge in [0.1, 0.15) is 17.3 Å². The van der Waals surface area contributed by atoms with Crippen LogP contribution in [-0.2, 0) is 4.79 Å². The highest BCUT2D eigenvalue weighted by atomic mass is 16.5. The summed E-state index contributed by atoms with van der Waals surface area (Å²) >= 11 is 0. The molecule has 0 saturated heterocycles. The largest absolute Gasteiger partial charge is 0.506 e. The maximum atomic E-state index is 14.6. The van der Waals surface area contributed by atoms with Gasteiger partial charge < -0.3 is 35.2 Å². The van der Waals surface area contributed by atoms with Crippen molar-refractivity contribution in [3.63, 3.8) is 0 Å². The second-order valence-corrected chi connectivity index (χ2v) is 19.1. The Balaban J connectivity index is 0.912. The molecule has 1 aliphatic carbocycles. The number of ether oxygens (including phenoxy) is 2. The zero-order valence-electron chi connectivity index (χ0n) is 40.3. The van der Waals surface area contributed by atoms with Crippen LogP contribution in [0.3, 0.4) is 0 Å². The Morgan fingerprint density at radius 3 is 1.60 bits per heavy atom. The van der Waals surface area contributed by atoms with Gasteiger partial charge in [0.05, 0.1) is 29.7 Å². The standard InChI is InChI=1S/C58H68B2N4O4/c1-3-5-7-9-11-13-14-16-18-20-40-68-46-35-31-44(32-36-46)60-62-50-26-22-24-42-28-38-48(56(64-60)52(42)50)54-57(65)53(58(54)66)47-37-27-41-23-21-25-49-51(41)55(47)63-59(61-49)43-29-33-45(34-30-43)67-39-19-17-15-12-10-8-6-4-2/h21-38,61-63,65H,3-20,39-40H2,1-2H3. The molecular weight excluding hydrogens is 838 g/mol. The predicted molar refractivity (Wildman–Crippen MR) is 287 cm³/mol. The molecule has 4 N–H and O–H groups in total. The van der Waals surface area contributed by atoms with Crippen LogP contribution in [0.4, 0.5) is 17.1 Å². The molecule has 0 aromatic heterocycles. The van der Waals surface area contributed by atoms with Gasteiger partial charge in [0.2, 0.25) is 5.78 Å². The molecule has 0 unspecified atom stereocenters. The van der Waals surface area contributed by atoms with Crippen molar-refractivity contribution in [2.24, 2.45) is 4.90 Å². The van der Waals surface area contributed by atoms with Gasteiger partial charge in [-0.3, -0.25) is 4.79 Å². The number of nitrogens with zero attached hydrogens (tertiary/aromatic N) is 1. The molecular formula is C58H68B2N4O4. The van der Waals surface area contributed by atoms with Gasteiger partial charge in [-0.25, -0.2) is 0 Å². The van der Waals surface area contributed by atoms with Crippen LogP contribution in [0.15, 0.2) is 120 Å². The predicted octanol–water partition coefficient (Wildman–Crippen LogP) is 12.2. The lowest BCUT2D eigenvalue weighted by Gasteiger charge is -2.31. The SMILES string of the molecule is CCCCCCCCCCCCOc1ccc(B2N=c3c(=C4C(=O)C(c5ccc6cccc7c6c5NB(c5ccc(OCCCCCCCCCC)cc5)N7)=C4O)ccc4cccc(c34)N2)cc1. The van der Waals surface area contributed by atoms with E-state index in [1.165, 1.54) is 103 Å². The highest BCUT2D eigenvalue weighted by Gasteiger charge is 2.39. The van der Waals surface area contributed by atoms with Gasteiger partial charge in [-0.1, -0.05) is 189 Å². The average molecular weight is 907 g/mol. The molecule has 3 aliphatic rings. The van der Waals surface area contributed by atoms with Crippen molar-refractivity contribution in [1.82, 2.24) is 0 Å². The summed E-state index contributed by atoms with van der Waals surface area (Å²) in [5, 5.41) is 28.4. The van der Waals surface area contributed by atoms with Crippen molar-refractivity contribution in [3.8, 4) is 11.5 Å². The fourth-order valence-electron chi connectivity index (χ4n) is 10.3. The van der Waals surface area contributed by atoms with Crippen LogP contribution < -0.4 is 46.7 Å². The van der Waals surface area contributed by atoms with E-state index in [9.17, 15) is 9.90 Å². The van der Waals surface area contributed by atoms with Crippen LogP contribution in [0.2, 0.25) is 0 Å². The zero-order valence-corrected chi connectivity index (χ0v) is 40.3. The quantitative estimate of drug-likeness (QED) is 0.0335. The summed E-state index contributed by atoms with van der Waals surface area (Å²) in [6.07, 6.45) is 23.1. The molecule has 0 atom stereocenters. The van der Waals surface area contributed by atoms with Crippen molar-refractivity contribution >= 4 is 80.4 Å². The fraction of sp³-hybridized carbons (Fsp3) is 0.379. The summed E-state index contributed by atoms with van der Waals surface area (Å²) in [6, 6.07) is 36.7. The first-order valence-electron chi connectivity index (χ1n) is 26.0. The number of unbranched alkanes of at least 4 members (excludes halogenated alkanes) is 16. The van der Waals surface area contributed by atoms with E-state index in [0.717, 1.165) is 80.5 Å². The topological polar surface area (TPSA) is 104 Å². The summed E-state index contributed by atoms with van der Waals surface area (Å²) in [5.74, 6) is 1.50. The Hall–Kier alpha value is -6.15. The Morgan fingerprint density at radius 2 is 1.03 bits per heavy atom. The minimum atomic E-state index is -0.390. The number of hydrogen-bond acceptors (Lipinski definition) is 8. The number of hydrogen-bond donors (Lipinski definition) is 4. The van der Waals surface area contributed by atoms with Crippen LogP contribution in [-0.4, -0.2) is 38.1 Å². The third kappa shape index (κ3) is 10.6. The Morgan fingerprint density at radius 1 is 0.515 bits per heavy atom. The number of carbonyl (C=O) groups excluding carboxylic acids is 1. The van der Waals surface area contributed by atoms with E-state index in [0.29, 0.717) is 33.9 Å². The summed E-state index contributed by atoms with van der Waals surface area (Å²) in [4.78, 5) is 19.9. The maximum Gasteiger partial charge on any atom is 0.427 e. The second kappa shape index (κ2) is 22.8. The lowest BCUT2D eigenvalue weighted by molar-refractivity contribution is -0.109. The highest BCUT2D eigenvalue weighted by Crippen LogP contribution is 2.45. The number of nitrogens with one attached hydrogen (secondary N) is 3. The van der Waals surface area contributed by atoms with Gasteiger partial charge >= 0.3 is 14.0 Å². The summed E-state index contributed by atoms with van der Waals surface area (Å²) in [7, 11) is 0. The number of aliphatic hydroxyl groups is 1. The highest BCUT2D eigenvalue weighted by molar-refractivity contribution is 6.80. The molecule has 8 nitrogen and oxygen atoms in total. The molecule has 10 heteroatoms. The minimum absolute atomic E-state index is 0.0137. The van der Waals surface area contributed by atoms with E-state index in [1.54, 1.807) is 0 Å². The van der Waals surface area contributed by atoms with Crippen LogP contribution >= 0.6 is 0 Å². The monoisotopic (exact) mass is 907 g/mol. The second-order valence-electron chi connectivity index (χ2n) is 19.1. The number of aliphatic hydroxyl groups excluding tert-OH is 1. The van der Waals surface area contributed by atoms with E-state index in [4.69, 9.17) is 14.4 Å². The Labute approximate surface area is 404 Å². The van der Waals surface area contributed by atoms with Crippen molar-refractivity contribution in [2.45, 2.75) is 129 Å². The van der Waals surface area contributed by atoms with Crippen LogP contribution in [0.1, 0.15) is 135 Å². The first-order valence-corrected chi connectivity index (χ1v) is 26.0. The van der Waals surface area contributed by atoms with Crippen molar-refractivity contribution in [2.75, 3.05) is 28.9 Å². The molecule has 0 fully saturated rings. The number of allylic oxidation sites excluding steroid dienone is 2. The maximum absolute atomic E-state index is 14.6. The third-order valence-corrected chi connectivity index (χ3v) is 14.1. The number of Topliss-reactive ketones (excluding diaryl/α,β-unsaturated/α-hetero) is 1. The molecule has 0 bridgehead atoms. The minimum Gasteiger partial charge on any atom is -0.506 e. The van der Waals surface area contributed by atoms with Gasteiger partial charge in [-0.2, -0.15) is 0 Å². The van der Waals surface area contributed by atoms with Crippen molar-refractivity contribution in [3.05, 3.63) is 131 Å². The van der Waals surface area contributed by atoms with Gasteiger partial charge in [0, 0.05) is 38.6 Å². The first kappa shape index (κ1) is 46.9. The normalized spacial score (nSPS) is 14.6. The van der Waals surface area contributed by atoms with E-state index >= 15 is 0 Å². The molecule has 0 spiro atoms. The van der Waals surface area contributed by atoms with Crippen LogP contribution in [0, 0.1) is 0 Å².